The molecule has 0 spiro atoms. The largest absolute Gasteiger partial charge is 0.444 e. The molecule has 0 radical (unpaired) electrons. The Bertz CT molecular complexity index is 791. The Morgan fingerprint density at radius 3 is 2.82 bits per heavy atom. The summed E-state index contributed by atoms with van der Waals surface area (Å²) in [6.45, 7) is 6.73. The van der Waals surface area contributed by atoms with Gasteiger partial charge in [-0.15, -0.1) is 11.3 Å². The number of thiazole rings is 1. The van der Waals surface area contributed by atoms with Crippen LogP contribution in [0.3, 0.4) is 0 Å². The predicted molar refractivity (Wildman–Crippen MR) is 108 cm³/mol. The minimum Gasteiger partial charge on any atom is -0.444 e. The highest BCUT2D eigenvalue weighted by molar-refractivity contribution is 7.18. The molecular weight excluding hydrogens is 378 g/mol. The summed E-state index contributed by atoms with van der Waals surface area (Å²) in [6, 6.07) is 7.86. The molecule has 1 fully saturated rings. The first-order chi connectivity index (χ1) is 13.3. The average Bonchev–Trinajstić information content (AvgIpc) is 3.26. The van der Waals surface area contributed by atoms with Crippen molar-refractivity contribution in [1.82, 2.24) is 15.2 Å². The molecule has 1 N–H and O–H groups in total. The minimum atomic E-state index is -0.622. The number of nitrogens with one attached hydrogen (secondary N) is 1. The maximum atomic E-state index is 12.5. The number of hydrogen-bond acceptors (Lipinski definition) is 6. The maximum Gasteiger partial charge on any atom is 0.410 e. The van der Waals surface area contributed by atoms with Crippen molar-refractivity contribution in [2.45, 2.75) is 51.9 Å². The average molecular weight is 406 g/mol. The van der Waals surface area contributed by atoms with E-state index >= 15 is 0 Å². The summed E-state index contributed by atoms with van der Waals surface area (Å²) in [6.07, 6.45) is 1.30. The Morgan fingerprint density at radius 2 is 2.14 bits per heavy atom. The minimum absolute atomic E-state index is 0.0513. The summed E-state index contributed by atoms with van der Waals surface area (Å²) >= 11 is 1.55. The summed E-state index contributed by atoms with van der Waals surface area (Å²) in [5.41, 5.74) is 0.300. The van der Waals surface area contributed by atoms with E-state index in [2.05, 4.69) is 10.3 Å². The molecule has 1 aliphatic heterocycles. The first-order valence-electron chi connectivity index (χ1n) is 9.51. The molecule has 152 valence electrons. The van der Waals surface area contributed by atoms with Crippen LogP contribution >= 0.6 is 11.3 Å². The molecule has 7 nitrogen and oxygen atoms in total. The Kier molecular flexibility index (Phi) is 6.51. The molecule has 8 heteroatoms. The van der Waals surface area contributed by atoms with Crippen LogP contribution < -0.4 is 5.32 Å². The second-order valence-electron chi connectivity index (χ2n) is 7.85. The topological polar surface area (TPSA) is 80.8 Å². The van der Waals surface area contributed by atoms with Gasteiger partial charge in [-0.1, -0.05) is 12.1 Å². The van der Waals surface area contributed by atoms with Gasteiger partial charge in [-0.25, -0.2) is 9.78 Å². The summed E-state index contributed by atoms with van der Waals surface area (Å²) < 4.78 is 12.2. The fourth-order valence-corrected chi connectivity index (χ4v) is 3.87. The van der Waals surface area contributed by atoms with Gasteiger partial charge in [0, 0.05) is 6.61 Å². The maximum absolute atomic E-state index is 12.5. The van der Waals surface area contributed by atoms with Crippen molar-refractivity contribution in [3.63, 3.8) is 0 Å². The van der Waals surface area contributed by atoms with Crippen molar-refractivity contribution < 1.29 is 19.1 Å². The molecule has 1 atom stereocenters. The van der Waals surface area contributed by atoms with Crippen LogP contribution in [0.25, 0.3) is 10.2 Å². The number of para-hydroxylation sites is 1. The first kappa shape index (κ1) is 20.5. The van der Waals surface area contributed by atoms with E-state index in [0.29, 0.717) is 19.7 Å². The standard InChI is InChI=1S/C20H27N3O4S/c1-20(2,3)27-19(25)23(12-14-7-6-10-26-14)13-17(24)21-11-18-22-15-8-4-5-9-16(15)28-18/h4-5,8-9,14H,6-7,10-13H2,1-3H3,(H,21,24). The Morgan fingerprint density at radius 1 is 1.36 bits per heavy atom. The van der Waals surface area contributed by atoms with Crippen molar-refractivity contribution in [2.75, 3.05) is 19.7 Å². The molecule has 3 rings (SSSR count). The van der Waals surface area contributed by atoms with Crippen LogP contribution in [0.2, 0.25) is 0 Å². The predicted octanol–water partition coefficient (Wildman–Crippen LogP) is 3.33. The molecule has 0 saturated carbocycles. The van der Waals surface area contributed by atoms with E-state index in [4.69, 9.17) is 9.47 Å². The lowest BCUT2D eigenvalue weighted by atomic mass is 10.2. The van der Waals surface area contributed by atoms with Crippen LogP contribution in [-0.4, -0.2) is 53.3 Å². The van der Waals surface area contributed by atoms with Crippen LogP contribution in [0.5, 0.6) is 0 Å². The van der Waals surface area contributed by atoms with Gasteiger partial charge in [0.25, 0.3) is 0 Å². The smallest absolute Gasteiger partial charge is 0.410 e. The van der Waals surface area contributed by atoms with Gasteiger partial charge in [0.15, 0.2) is 0 Å². The third kappa shape index (κ3) is 5.90. The number of rotatable bonds is 6. The van der Waals surface area contributed by atoms with Crippen molar-refractivity contribution in [1.29, 1.82) is 0 Å². The second kappa shape index (κ2) is 8.87. The van der Waals surface area contributed by atoms with Gasteiger partial charge in [0.1, 0.15) is 17.2 Å². The van der Waals surface area contributed by atoms with E-state index in [-0.39, 0.29) is 18.6 Å². The normalized spacial score (nSPS) is 16.9. The molecule has 1 unspecified atom stereocenters. The molecule has 0 bridgehead atoms. The number of nitrogens with zero attached hydrogens (tertiary/aromatic N) is 2. The quantitative estimate of drug-likeness (QED) is 0.797. The van der Waals surface area contributed by atoms with Crippen molar-refractivity contribution in [2.24, 2.45) is 0 Å². The zero-order valence-electron chi connectivity index (χ0n) is 16.6. The summed E-state index contributed by atoms with van der Waals surface area (Å²) in [5, 5.41) is 3.68. The first-order valence-corrected chi connectivity index (χ1v) is 10.3. The third-order valence-corrected chi connectivity index (χ3v) is 5.25. The van der Waals surface area contributed by atoms with Gasteiger partial charge in [0.05, 0.1) is 29.4 Å². The lowest BCUT2D eigenvalue weighted by molar-refractivity contribution is -0.122. The second-order valence-corrected chi connectivity index (χ2v) is 8.96. The Balaban J connectivity index is 1.58. The van der Waals surface area contributed by atoms with Gasteiger partial charge < -0.3 is 14.8 Å². The third-order valence-electron chi connectivity index (χ3n) is 4.21. The number of fused-ring (bicyclic) bond motifs is 1. The number of carbonyl (C=O) groups excluding carboxylic acids is 2. The van der Waals surface area contributed by atoms with E-state index in [0.717, 1.165) is 28.1 Å². The monoisotopic (exact) mass is 405 g/mol. The molecule has 1 aromatic heterocycles. The Hall–Kier alpha value is -2.19. The Labute approximate surface area is 169 Å². The van der Waals surface area contributed by atoms with Crippen LogP contribution in [0.1, 0.15) is 38.6 Å². The van der Waals surface area contributed by atoms with Gasteiger partial charge in [-0.05, 0) is 45.7 Å². The van der Waals surface area contributed by atoms with Crippen LogP contribution in [0, 0.1) is 0 Å². The molecule has 2 heterocycles. The number of ether oxygens (including phenoxy) is 2. The van der Waals surface area contributed by atoms with Crippen LogP contribution in [0.15, 0.2) is 24.3 Å². The molecule has 1 saturated heterocycles. The van der Waals surface area contributed by atoms with Crippen LogP contribution in [0.4, 0.5) is 4.79 Å². The lowest BCUT2D eigenvalue weighted by Crippen LogP contribution is -2.46. The fraction of sp³-hybridized carbons (Fsp3) is 0.550. The molecule has 28 heavy (non-hydrogen) atoms. The summed E-state index contributed by atoms with van der Waals surface area (Å²) in [4.78, 5) is 30.9. The number of hydrogen-bond donors (Lipinski definition) is 1. The lowest BCUT2D eigenvalue weighted by Gasteiger charge is -2.28. The van der Waals surface area contributed by atoms with Gasteiger partial charge in [0.2, 0.25) is 5.91 Å². The number of carbonyl (C=O) groups is 2. The zero-order chi connectivity index (χ0) is 20.1. The zero-order valence-corrected chi connectivity index (χ0v) is 17.4. The number of benzene rings is 1. The van der Waals surface area contributed by atoms with E-state index in [1.54, 1.807) is 11.3 Å². The van der Waals surface area contributed by atoms with Crippen LogP contribution in [-0.2, 0) is 20.8 Å². The molecule has 2 aromatic rings. The summed E-state index contributed by atoms with van der Waals surface area (Å²) in [5.74, 6) is -0.247. The fourth-order valence-electron chi connectivity index (χ4n) is 2.96. The number of aromatic nitrogens is 1. The highest BCUT2D eigenvalue weighted by atomic mass is 32.1. The summed E-state index contributed by atoms with van der Waals surface area (Å²) in [7, 11) is 0. The highest BCUT2D eigenvalue weighted by Crippen LogP contribution is 2.21. The molecule has 2 amide bonds. The van der Waals surface area contributed by atoms with E-state index < -0.39 is 11.7 Å². The molecule has 0 aliphatic carbocycles. The van der Waals surface area contributed by atoms with E-state index in [1.165, 1.54) is 4.90 Å². The molecule has 1 aromatic carbocycles. The van der Waals surface area contributed by atoms with Gasteiger partial charge >= 0.3 is 6.09 Å². The molecule has 1 aliphatic rings. The number of amides is 2. The van der Waals surface area contributed by atoms with E-state index in [1.807, 2.05) is 45.0 Å². The molecular formula is C20H27N3O4S. The van der Waals surface area contributed by atoms with Gasteiger partial charge in [-0.3, -0.25) is 9.69 Å². The van der Waals surface area contributed by atoms with Crippen molar-refractivity contribution in [3.8, 4) is 0 Å². The van der Waals surface area contributed by atoms with Crippen molar-refractivity contribution >= 4 is 33.6 Å². The van der Waals surface area contributed by atoms with Crippen molar-refractivity contribution in [3.05, 3.63) is 29.3 Å². The SMILES string of the molecule is CC(C)(C)OC(=O)N(CC(=O)NCc1nc2ccccc2s1)CC1CCCO1. The van der Waals surface area contributed by atoms with Gasteiger partial charge in [-0.2, -0.15) is 0 Å². The highest BCUT2D eigenvalue weighted by Gasteiger charge is 2.28. The van der Waals surface area contributed by atoms with E-state index in [9.17, 15) is 9.59 Å².